The molecule has 0 atom stereocenters. The number of hydrogen-bond donors (Lipinski definition) is 4. The molecule has 1 rings (SSSR count). The molecule has 1 aromatic carbocycles. The third-order valence-corrected chi connectivity index (χ3v) is 1.23. The van der Waals surface area contributed by atoms with Crippen molar-refractivity contribution in [3.63, 3.8) is 0 Å². The fourth-order valence-electron chi connectivity index (χ4n) is 0.721. The molecule has 0 saturated heterocycles. The van der Waals surface area contributed by atoms with Crippen molar-refractivity contribution in [3.8, 4) is 0 Å². The molecule has 16 heavy (non-hydrogen) atoms. The van der Waals surface area contributed by atoms with Crippen molar-refractivity contribution in [2.75, 3.05) is 5.73 Å². The first-order valence-corrected chi connectivity index (χ1v) is 3.77. The van der Waals surface area contributed by atoms with Crippen LogP contribution in [0.2, 0.25) is 0 Å². The van der Waals surface area contributed by atoms with Gasteiger partial charge in [-0.2, -0.15) is 0 Å². The Bertz CT molecular complexity index is 393. The first-order chi connectivity index (χ1) is 7.54. The molecule has 7 heteroatoms. The highest BCUT2D eigenvalue weighted by atomic mass is 16.1. The van der Waals surface area contributed by atoms with Crippen LogP contribution < -0.4 is 11.5 Å². The van der Waals surface area contributed by atoms with E-state index in [9.17, 15) is 4.79 Å². The molecule has 0 radical (unpaired) electrons. The third-order valence-electron chi connectivity index (χ3n) is 1.23. The van der Waals surface area contributed by atoms with Crippen molar-refractivity contribution < 1.29 is 14.4 Å². The van der Waals surface area contributed by atoms with E-state index in [4.69, 9.17) is 31.9 Å². The highest BCUT2D eigenvalue weighted by Crippen LogP contribution is 2.08. The lowest BCUT2D eigenvalue weighted by molar-refractivity contribution is 0.100. The first kappa shape index (κ1) is 15.7. The summed E-state index contributed by atoms with van der Waals surface area (Å²) in [6.45, 7) is 0. The van der Waals surface area contributed by atoms with Crippen molar-refractivity contribution in [2.45, 2.75) is 0 Å². The van der Waals surface area contributed by atoms with E-state index in [1.807, 2.05) is 0 Å². The van der Waals surface area contributed by atoms with E-state index in [0.717, 1.165) is 12.2 Å². The van der Waals surface area contributed by atoms with Gasteiger partial charge in [-0.3, -0.25) is 4.79 Å². The fourth-order valence-corrected chi connectivity index (χ4v) is 0.721. The predicted octanol–water partition coefficient (Wildman–Crippen LogP) is 0.170. The molecule has 0 spiro atoms. The van der Waals surface area contributed by atoms with Crippen LogP contribution in [0.25, 0.3) is 0 Å². The van der Waals surface area contributed by atoms with Crippen molar-refractivity contribution >= 4 is 23.8 Å². The molecule has 7 nitrogen and oxygen atoms in total. The molecule has 0 aliphatic rings. The minimum absolute atomic E-state index is 0.377. The molecule has 0 saturated carbocycles. The number of carbonyl (C=O) groups excluding carboxylic acids is 3. The van der Waals surface area contributed by atoms with Gasteiger partial charge in [-0.15, -0.1) is 0 Å². The highest BCUT2D eigenvalue weighted by molar-refractivity contribution is 5.97. The van der Waals surface area contributed by atoms with Gasteiger partial charge in [0.2, 0.25) is 12.2 Å². The zero-order valence-electron chi connectivity index (χ0n) is 8.19. The molecule has 0 unspecified atom stereocenters. The summed E-state index contributed by atoms with van der Waals surface area (Å²) in [7, 11) is 0. The van der Waals surface area contributed by atoms with Crippen molar-refractivity contribution in [2.24, 2.45) is 5.73 Å². The van der Waals surface area contributed by atoms with Gasteiger partial charge in [-0.05, 0) is 12.1 Å². The Hall–Kier alpha value is -2.75. The number of nitrogens with two attached hydrogens (primary N) is 2. The minimum atomic E-state index is -0.488. The number of carbonyl (C=O) groups is 1. The highest BCUT2D eigenvalue weighted by Gasteiger charge is 2.01. The fraction of sp³-hybridized carbons (Fsp3) is 0. The summed E-state index contributed by atoms with van der Waals surface area (Å²) in [4.78, 5) is 27.3. The van der Waals surface area contributed by atoms with E-state index in [1.165, 1.54) is 0 Å². The summed E-state index contributed by atoms with van der Waals surface area (Å²) in [5.41, 5.74) is 11.2. The molecule has 1 aromatic rings. The van der Waals surface area contributed by atoms with Crippen molar-refractivity contribution in [3.05, 3.63) is 29.8 Å². The Morgan fingerprint density at radius 3 is 1.75 bits per heavy atom. The monoisotopic (exact) mass is 222 g/mol. The van der Waals surface area contributed by atoms with Crippen LogP contribution in [0.5, 0.6) is 0 Å². The Kier molecular flexibility index (Phi) is 10.1. The van der Waals surface area contributed by atoms with E-state index in [-0.39, 0.29) is 0 Å². The van der Waals surface area contributed by atoms with Gasteiger partial charge >= 0.3 is 0 Å². The average Bonchev–Trinajstić information content (AvgIpc) is 2.20. The number of rotatable bonds is 1. The minimum Gasteiger partial charge on any atom is -0.398 e. The molecule has 0 aliphatic heterocycles. The number of primary amides is 1. The van der Waals surface area contributed by atoms with E-state index in [0.29, 0.717) is 11.3 Å². The van der Waals surface area contributed by atoms with Gasteiger partial charge in [0.1, 0.15) is 0 Å². The van der Waals surface area contributed by atoms with E-state index in [2.05, 4.69) is 0 Å². The van der Waals surface area contributed by atoms with Crippen LogP contribution in [0.3, 0.4) is 0 Å². The van der Waals surface area contributed by atoms with Crippen LogP contribution in [-0.2, 0) is 9.59 Å². The van der Waals surface area contributed by atoms with Crippen molar-refractivity contribution in [1.82, 2.24) is 0 Å². The molecular formula is C9H10N4O3. The standard InChI is InChI=1S/C7H8N2O.2CHNO/c8-6-4-2-1-3-5(6)7(9)10;2*2-1-3/h1-4H,8H2,(H2,9,10);2*2H. The lowest BCUT2D eigenvalue weighted by atomic mass is 10.2. The summed E-state index contributed by atoms with van der Waals surface area (Å²) >= 11 is 0. The van der Waals surface area contributed by atoms with E-state index >= 15 is 0 Å². The van der Waals surface area contributed by atoms with Gasteiger partial charge in [-0.25, -0.2) is 20.4 Å². The molecule has 0 aromatic heterocycles. The van der Waals surface area contributed by atoms with Crippen LogP contribution in [0.4, 0.5) is 5.69 Å². The van der Waals surface area contributed by atoms with Gasteiger partial charge in [-0.1, -0.05) is 12.1 Å². The smallest absolute Gasteiger partial charge is 0.250 e. The number of nitrogens with one attached hydrogen (secondary N) is 2. The topological polar surface area (TPSA) is 151 Å². The molecule has 1 amide bonds. The van der Waals surface area contributed by atoms with Crippen LogP contribution in [-0.4, -0.2) is 18.1 Å². The van der Waals surface area contributed by atoms with Crippen molar-refractivity contribution in [1.29, 1.82) is 10.8 Å². The number of hydrogen-bond acceptors (Lipinski definition) is 6. The van der Waals surface area contributed by atoms with Crippen LogP contribution >= 0.6 is 0 Å². The summed E-state index contributed by atoms with van der Waals surface area (Å²) in [6.07, 6.45) is 1.50. The maximum atomic E-state index is 10.6. The summed E-state index contributed by atoms with van der Waals surface area (Å²) < 4.78 is 0. The van der Waals surface area contributed by atoms with E-state index < -0.39 is 5.91 Å². The lowest BCUT2D eigenvalue weighted by Crippen LogP contribution is -2.12. The molecule has 0 aliphatic carbocycles. The lowest BCUT2D eigenvalue weighted by Gasteiger charge is -1.97. The second-order valence-electron chi connectivity index (χ2n) is 2.16. The van der Waals surface area contributed by atoms with E-state index in [1.54, 1.807) is 24.3 Å². The predicted molar refractivity (Wildman–Crippen MR) is 56.2 cm³/mol. The SMILES string of the molecule is N=C=O.N=C=O.NC(=O)c1ccccc1N. The molecular weight excluding hydrogens is 212 g/mol. The third kappa shape index (κ3) is 7.88. The molecule has 84 valence electrons. The maximum absolute atomic E-state index is 10.6. The Morgan fingerprint density at radius 1 is 1.12 bits per heavy atom. The van der Waals surface area contributed by atoms with Gasteiger partial charge in [0.25, 0.3) is 5.91 Å². The number of isocyanates is 2. The van der Waals surface area contributed by atoms with Gasteiger partial charge < -0.3 is 11.5 Å². The number of nitrogen functional groups attached to an aromatic ring is 1. The zero-order valence-corrected chi connectivity index (χ0v) is 8.19. The summed E-state index contributed by atoms with van der Waals surface area (Å²) in [6, 6.07) is 6.70. The average molecular weight is 222 g/mol. The second kappa shape index (κ2) is 10.3. The number of anilines is 1. The summed E-state index contributed by atoms with van der Waals surface area (Å²) in [5, 5.41) is 10.8. The van der Waals surface area contributed by atoms with Gasteiger partial charge in [0.05, 0.1) is 5.56 Å². The van der Waals surface area contributed by atoms with Gasteiger partial charge in [0, 0.05) is 5.69 Å². The Morgan fingerprint density at radius 2 is 1.50 bits per heavy atom. The molecule has 6 N–H and O–H groups in total. The van der Waals surface area contributed by atoms with Crippen LogP contribution in [0.1, 0.15) is 10.4 Å². The number of amides is 1. The first-order valence-electron chi connectivity index (χ1n) is 3.77. The molecule has 0 bridgehead atoms. The Labute approximate surface area is 91.1 Å². The number of benzene rings is 1. The quantitative estimate of drug-likeness (QED) is 0.304. The second-order valence-corrected chi connectivity index (χ2v) is 2.16. The normalized spacial score (nSPS) is 6.75. The molecule has 0 heterocycles. The van der Waals surface area contributed by atoms with Gasteiger partial charge in [0.15, 0.2) is 0 Å². The summed E-state index contributed by atoms with van der Waals surface area (Å²) in [5.74, 6) is -0.488. The Balaban J connectivity index is 0. The maximum Gasteiger partial charge on any atom is 0.250 e. The van der Waals surface area contributed by atoms with Crippen LogP contribution in [0.15, 0.2) is 24.3 Å². The molecule has 0 fully saturated rings. The zero-order chi connectivity index (χ0) is 13.0. The van der Waals surface area contributed by atoms with Crippen LogP contribution in [0, 0.1) is 10.8 Å². The number of para-hydroxylation sites is 1. The largest absolute Gasteiger partial charge is 0.398 e.